The first-order chi connectivity index (χ1) is 12.2. The Morgan fingerprint density at radius 3 is 2.56 bits per heavy atom. The van der Waals surface area contributed by atoms with Gasteiger partial charge in [0.1, 0.15) is 5.75 Å². The van der Waals surface area contributed by atoms with Gasteiger partial charge in [0.15, 0.2) is 6.61 Å². The maximum absolute atomic E-state index is 12.3. The molecule has 0 unspecified atom stereocenters. The lowest BCUT2D eigenvalue weighted by molar-refractivity contribution is -0.134. The molecule has 128 valence electrons. The maximum Gasteiger partial charge on any atom is 0.264 e. The van der Waals surface area contributed by atoms with Gasteiger partial charge in [-0.3, -0.25) is 9.59 Å². The van der Waals surface area contributed by atoms with Crippen molar-refractivity contribution in [3.05, 3.63) is 52.2 Å². The average molecular weight is 355 g/mol. The molecule has 0 spiro atoms. The molecule has 0 saturated carbocycles. The number of carbonyl (C=O) groups excluding carboxylic acids is 2. The van der Waals surface area contributed by atoms with Gasteiger partial charge in [-0.25, -0.2) is 0 Å². The highest BCUT2D eigenvalue weighted by Crippen LogP contribution is 2.15. The first-order valence-electron chi connectivity index (χ1n) is 7.91. The number of hydrogen-bond donors (Lipinski definition) is 0. The van der Waals surface area contributed by atoms with Crippen LogP contribution in [0.2, 0.25) is 0 Å². The van der Waals surface area contributed by atoms with Crippen LogP contribution in [0.15, 0.2) is 41.8 Å². The summed E-state index contributed by atoms with van der Waals surface area (Å²) >= 11 is 1.43. The smallest absolute Gasteiger partial charge is 0.264 e. The summed E-state index contributed by atoms with van der Waals surface area (Å²) in [4.78, 5) is 28.8. The number of carbonyl (C=O) groups is 2. The molecule has 25 heavy (non-hydrogen) atoms. The molecule has 2 heterocycles. The Hall–Kier alpha value is -2.85. The van der Waals surface area contributed by atoms with E-state index in [-0.39, 0.29) is 18.4 Å². The summed E-state index contributed by atoms with van der Waals surface area (Å²) in [5.74, 6) is 0.399. The molecular weight excluding hydrogens is 338 g/mol. The molecule has 2 amide bonds. The highest BCUT2D eigenvalue weighted by molar-refractivity contribution is 7.12. The van der Waals surface area contributed by atoms with Crippen LogP contribution in [0.3, 0.4) is 0 Å². The molecule has 0 bridgehead atoms. The Labute approximate surface area is 149 Å². The van der Waals surface area contributed by atoms with Gasteiger partial charge in [-0.05, 0) is 29.6 Å². The van der Waals surface area contributed by atoms with E-state index in [4.69, 9.17) is 10.00 Å². The molecule has 7 heteroatoms. The van der Waals surface area contributed by atoms with E-state index >= 15 is 0 Å². The second kappa shape index (κ2) is 7.81. The number of ether oxygens (including phenoxy) is 1. The summed E-state index contributed by atoms with van der Waals surface area (Å²) in [7, 11) is 0. The molecule has 0 atom stereocenters. The van der Waals surface area contributed by atoms with Gasteiger partial charge in [0.05, 0.1) is 16.5 Å². The number of rotatable bonds is 4. The van der Waals surface area contributed by atoms with Gasteiger partial charge >= 0.3 is 0 Å². The number of piperazine rings is 1. The zero-order valence-corrected chi connectivity index (χ0v) is 14.4. The van der Waals surface area contributed by atoms with Crippen molar-refractivity contribution in [1.29, 1.82) is 5.26 Å². The largest absolute Gasteiger partial charge is 0.484 e. The molecule has 1 aliphatic heterocycles. The van der Waals surface area contributed by atoms with Crippen LogP contribution in [0.5, 0.6) is 5.75 Å². The van der Waals surface area contributed by atoms with E-state index in [1.165, 1.54) is 11.3 Å². The highest BCUT2D eigenvalue weighted by atomic mass is 32.1. The normalized spacial score (nSPS) is 14.0. The fourth-order valence-corrected chi connectivity index (χ4v) is 3.30. The number of hydrogen-bond acceptors (Lipinski definition) is 5. The fourth-order valence-electron chi connectivity index (χ4n) is 2.61. The lowest BCUT2D eigenvalue weighted by Crippen LogP contribution is -2.51. The van der Waals surface area contributed by atoms with Crippen molar-refractivity contribution < 1.29 is 14.3 Å². The molecule has 0 aliphatic carbocycles. The van der Waals surface area contributed by atoms with E-state index in [2.05, 4.69) is 0 Å². The number of amides is 2. The zero-order chi connectivity index (χ0) is 17.6. The Balaban J connectivity index is 1.48. The van der Waals surface area contributed by atoms with Gasteiger partial charge in [-0.15, -0.1) is 11.3 Å². The summed E-state index contributed by atoms with van der Waals surface area (Å²) < 4.78 is 5.48. The number of benzene rings is 1. The summed E-state index contributed by atoms with van der Waals surface area (Å²) in [5, 5.41) is 10.7. The predicted molar refractivity (Wildman–Crippen MR) is 93.5 cm³/mol. The third-order valence-corrected chi connectivity index (χ3v) is 4.83. The molecule has 2 aromatic rings. The van der Waals surface area contributed by atoms with E-state index < -0.39 is 0 Å². The average Bonchev–Trinajstić information content (AvgIpc) is 3.20. The predicted octanol–water partition coefficient (Wildman–Crippen LogP) is 1.98. The highest BCUT2D eigenvalue weighted by Gasteiger charge is 2.25. The fraction of sp³-hybridized carbons (Fsp3) is 0.278. The summed E-state index contributed by atoms with van der Waals surface area (Å²) in [6, 6.07) is 12.4. The number of thiophene rings is 1. The minimum Gasteiger partial charge on any atom is -0.484 e. The van der Waals surface area contributed by atoms with E-state index in [0.29, 0.717) is 37.5 Å². The first-order valence-corrected chi connectivity index (χ1v) is 8.79. The van der Waals surface area contributed by atoms with Crippen LogP contribution < -0.4 is 4.74 Å². The Bertz CT molecular complexity index is 790. The van der Waals surface area contributed by atoms with Crippen molar-refractivity contribution in [2.45, 2.75) is 0 Å². The van der Waals surface area contributed by atoms with Crippen LogP contribution in [-0.4, -0.2) is 54.4 Å². The van der Waals surface area contributed by atoms with Crippen LogP contribution >= 0.6 is 11.3 Å². The minimum atomic E-state index is -0.120. The third kappa shape index (κ3) is 4.17. The SMILES string of the molecule is N#Cc1cccc(OCC(=O)N2CCN(C(=O)c3cccs3)CC2)c1. The second-order valence-corrected chi connectivity index (χ2v) is 6.53. The van der Waals surface area contributed by atoms with E-state index in [0.717, 1.165) is 4.88 Å². The molecule has 1 fully saturated rings. The molecular formula is C18H17N3O3S. The van der Waals surface area contributed by atoms with Crippen molar-refractivity contribution in [2.24, 2.45) is 0 Å². The molecule has 0 radical (unpaired) electrons. The van der Waals surface area contributed by atoms with E-state index in [1.54, 1.807) is 34.1 Å². The number of nitrogens with zero attached hydrogens (tertiary/aromatic N) is 3. The summed E-state index contributed by atoms with van der Waals surface area (Å²) in [6.45, 7) is 1.96. The molecule has 1 aliphatic rings. The zero-order valence-electron chi connectivity index (χ0n) is 13.6. The molecule has 1 aromatic heterocycles. The van der Waals surface area contributed by atoms with Crippen LogP contribution in [-0.2, 0) is 4.79 Å². The van der Waals surface area contributed by atoms with Crippen molar-refractivity contribution >= 4 is 23.2 Å². The van der Waals surface area contributed by atoms with Crippen LogP contribution in [0.1, 0.15) is 15.2 Å². The second-order valence-electron chi connectivity index (χ2n) is 5.58. The van der Waals surface area contributed by atoms with Gasteiger partial charge in [-0.2, -0.15) is 5.26 Å². The lowest BCUT2D eigenvalue weighted by atomic mass is 10.2. The minimum absolute atomic E-state index is 0.0201. The molecule has 0 N–H and O–H groups in total. The van der Waals surface area contributed by atoms with Crippen LogP contribution in [0.4, 0.5) is 0 Å². The molecule has 1 aromatic carbocycles. The Morgan fingerprint density at radius 1 is 1.12 bits per heavy atom. The van der Waals surface area contributed by atoms with Gasteiger partial charge in [0.25, 0.3) is 11.8 Å². The Morgan fingerprint density at radius 2 is 1.88 bits per heavy atom. The third-order valence-electron chi connectivity index (χ3n) is 3.98. The first kappa shape index (κ1) is 17.0. The van der Waals surface area contributed by atoms with Crippen molar-refractivity contribution in [2.75, 3.05) is 32.8 Å². The monoisotopic (exact) mass is 355 g/mol. The number of nitriles is 1. The van der Waals surface area contributed by atoms with Crippen molar-refractivity contribution in [3.8, 4) is 11.8 Å². The standard InChI is InChI=1S/C18H17N3O3S/c19-12-14-3-1-4-15(11-14)24-13-17(22)20-6-8-21(9-7-20)18(23)16-5-2-10-25-16/h1-5,10-11H,6-9,13H2. The van der Waals surface area contributed by atoms with Gasteiger partial charge in [0, 0.05) is 26.2 Å². The van der Waals surface area contributed by atoms with E-state index in [1.807, 2.05) is 23.6 Å². The summed E-state index contributed by atoms with van der Waals surface area (Å²) in [6.07, 6.45) is 0. The lowest BCUT2D eigenvalue weighted by Gasteiger charge is -2.34. The Kier molecular flexibility index (Phi) is 5.31. The quantitative estimate of drug-likeness (QED) is 0.841. The van der Waals surface area contributed by atoms with E-state index in [9.17, 15) is 9.59 Å². The summed E-state index contributed by atoms with van der Waals surface area (Å²) in [5.41, 5.74) is 0.491. The van der Waals surface area contributed by atoms with Gasteiger partial charge in [0.2, 0.25) is 0 Å². The topological polar surface area (TPSA) is 73.6 Å². The molecule has 3 rings (SSSR count). The molecule has 6 nitrogen and oxygen atoms in total. The maximum atomic E-state index is 12.3. The van der Waals surface area contributed by atoms with Crippen LogP contribution in [0.25, 0.3) is 0 Å². The van der Waals surface area contributed by atoms with Crippen molar-refractivity contribution in [3.63, 3.8) is 0 Å². The van der Waals surface area contributed by atoms with Crippen LogP contribution in [0, 0.1) is 11.3 Å². The van der Waals surface area contributed by atoms with Gasteiger partial charge in [-0.1, -0.05) is 12.1 Å². The van der Waals surface area contributed by atoms with Gasteiger partial charge < -0.3 is 14.5 Å². The van der Waals surface area contributed by atoms with Crippen molar-refractivity contribution in [1.82, 2.24) is 9.80 Å². The molecule has 1 saturated heterocycles.